The summed E-state index contributed by atoms with van der Waals surface area (Å²) in [7, 11) is 1.50. The lowest BCUT2D eigenvalue weighted by atomic mass is 10.1. The number of anilines is 2. The van der Waals surface area contributed by atoms with Crippen molar-refractivity contribution < 1.29 is 28.9 Å². The molecule has 206 valence electrons. The molecular formula is C24H33FN8O5. The molecule has 3 rings (SSSR count). The molecule has 0 saturated carbocycles. The Balaban J connectivity index is 0.00000247. The molecule has 2 heterocycles. The molecule has 1 aromatic heterocycles. The molecule has 0 spiro atoms. The molecule has 0 radical (unpaired) electrons. The molecular weight excluding hydrogens is 499 g/mol. The maximum atomic E-state index is 15.0. The van der Waals surface area contributed by atoms with Gasteiger partial charge in [0.2, 0.25) is 0 Å². The Labute approximate surface area is 219 Å². The van der Waals surface area contributed by atoms with Crippen LogP contribution in [0.25, 0.3) is 11.1 Å². The summed E-state index contributed by atoms with van der Waals surface area (Å²) in [5.74, 6) is 4.78. The number of hydrogen-bond acceptors (Lipinski definition) is 10. The van der Waals surface area contributed by atoms with Crippen molar-refractivity contribution in [3.63, 3.8) is 0 Å². The molecule has 1 fully saturated rings. The Kier molecular flexibility index (Phi) is 11.6. The minimum atomic E-state index is -1.51. The number of carbonyl (C=O) groups excluding carboxylic acids is 2. The zero-order valence-corrected chi connectivity index (χ0v) is 21.0. The van der Waals surface area contributed by atoms with Crippen LogP contribution in [0.2, 0.25) is 0 Å². The van der Waals surface area contributed by atoms with Crippen molar-refractivity contribution >= 4 is 29.8 Å². The fourth-order valence-electron chi connectivity index (χ4n) is 3.50. The number of aromatic nitrogens is 1. The van der Waals surface area contributed by atoms with E-state index in [2.05, 4.69) is 22.6 Å². The van der Waals surface area contributed by atoms with E-state index in [1.807, 2.05) is 0 Å². The average molecular weight is 533 g/mol. The maximum Gasteiger partial charge on any atom is 0.414 e. The third-order valence-corrected chi connectivity index (χ3v) is 5.42. The van der Waals surface area contributed by atoms with Crippen LogP contribution >= 0.6 is 0 Å². The Hall–Kier alpha value is -4.11. The molecule has 2 atom stereocenters. The Morgan fingerprint density at radius 3 is 2.74 bits per heavy atom. The lowest BCUT2D eigenvalue weighted by Gasteiger charge is -2.19. The average Bonchev–Trinajstić information content (AvgIpc) is 3.31. The number of aliphatic hydroxyl groups excluding tert-OH is 2. The zero-order valence-electron chi connectivity index (χ0n) is 21.0. The predicted octanol–water partition coefficient (Wildman–Crippen LogP) is -0.0101. The van der Waals surface area contributed by atoms with Crippen LogP contribution in [0.3, 0.4) is 0 Å². The lowest BCUT2D eigenvalue weighted by molar-refractivity contribution is -0.131. The van der Waals surface area contributed by atoms with Gasteiger partial charge in [0, 0.05) is 36.6 Å². The minimum absolute atomic E-state index is 0.0987. The highest BCUT2D eigenvalue weighted by Gasteiger charge is 2.33. The number of aliphatic hydroxyl groups is 2. The van der Waals surface area contributed by atoms with Crippen LogP contribution in [0.4, 0.5) is 20.7 Å². The van der Waals surface area contributed by atoms with Crippen molar-refractivity contribution in [3.05, 3.63) is 55.1 Å². The summed E-state index contributed by atoms with van der Waals surface area (Å²) in [4.78, 5) is 30.8. The SMILES string of the molecule is C=CN(N)CC1CN(c2ccc(-c3ccc(N(C=N)CCNC(=O)C(O)CO)nc3)c(F)c2)C(=O)O1.CN. The molecule has 1 aliphatic heterocycles. The van der Waals surface area contributed by atoms with Gasteiger partial charge in [0.25, 0.3) is 5.91 Å². The molecule has 13 nitrogen and oxygen atoms in total. The quantitative estimate of drug-likeness (QED) is 0.0937. The predicted molar refractivity (Wildman–Crippen MR) is 141 cm³/mol. The molecule has 1 aliphatic rings. The van der Waals surface area contributed by atoms with E-state index in [0.29, 0.717) is 17.1 Å². The summed E-state index contributed by atoms with van der Waals surface area (Å²) in [6, 6.07) is 7.62. The summed E-state index contributed by atoms with van der Waals surface area (Å²) >= 11 is 0. The summed E-state index contributed by atoms with van der Waals surface area (Å²) in [5.41, 5.74) is 5.60. The number of carbonyl (C=O) groups is 2. The van der Waals surface area contributed by atoms with E-state index in [0.717, 1.165) is 6.34 Å². The Morgan fingerprint density at radius 1 is 1.42 bits per heavy atom. The van der Waals surface area contributed by atoms with Crippen LogP contribution in [0.1, 0.15) is 0 Å². The molecule has 1 aromatic carbocycles. The standard InChI is InChI=1S/C23H28FN7O5.CH5N/c1-2-30(26)11-17-12-31(23(35)36-17)16-4-5-18(19(24)9-16)15-3-6-21(28-10-15)29(14-25)8-7-27-22(34)20(33)13-32;1-2/h2-6,9-10,14,17,20,25,32-33H,1,7-8,11-13,26H2,(H,27,34);2H2,1H3. The number of cyclic esters (lactones) is 1. The van der Waals surface area contributed by atoms with Gasteiger partial charge in [-0.1, -0.05) is 6.58 Å². The van der Waals surface area contributed by atoms with Gasteiger partial charge in [0.15, 0.2) is 6.10 Å². The molecule has 2 amide bonds. The largest absolute Gasteiger partial charge is 0.442 e. The Morgan fingerprint density at radius 2 is 2.16 bits per heavy atom. The summed E-state index contributed by atoms with van der Waals surface area (Å²) < 4.78 is 20.2. The maximum absolute atomic E-state index is 15.0. The molecule has 2 unspecified atom stereocenters. The van der Waals surface area contributed by atoms with Gasteiger partial charge < -0.3 is 35.9 Å². The van der Waals surface area contributed by atoms with Crippen LogP contribution in [-0.2, 0) is 9.53 Å². The van der Waals surface area contributed by atoms with Crippen molar-refractivity contribution in [3.8, 4) is 11.1 Å². The first-order chi connectivity index (χ1) is 18.3. The number of pyridine rings is 1. The number of ether oxygens (including phenoxy) is 1. The van der Waals surface area contributed by atoms with E-state index in [9.17, 15) is 19.1 Å². The third-order valence-electron chi connectivity index (χ3n) is 5.42. The smallest absolute Gasteiger partial charge is 0.414 e. The monoisotopic (exact) mass is 532 g/mol. The topological polar surface area (TPSA) is 194 Å². The second-order valence-electron chi connectivity index (χ2n) is 7.88. The molecule has 0 bridgehead atoms. The number of rotatable bonds is 12. The minimum Gasteiger partial charge on any atom is -0.442 e. The normalized spacial score (nSPS) is 15.1. The number of benzene rings is 1. The molecule has 2 aromatic rings. The van der Waals surface area contributed by atoms with E-state index in [4.69, 9.17) is 21.1 Å². The number of hydrogen-bond donors (Lipinski definition) is 6. The molecule has 8 N–H and O–H groups in total. The first-order valence-electron chi connectivity index (χ1n) is 11.6. The second-order valence-corrected chi connectivity index (χ2v) is 7.88. The molecule has 1 saturated heterocycles. The van der Waals surface area contributed by atoms with E-state index in [-0.39, 0.29) is 31.7 Å². The van der Waals surface area contributed by atoms with Crippen LogP contribution in [0.15, 0.2) is 49.3 Å². The van der Waals surface area contributed by atoms with Crippen molar-refractivity contribution in [1.82, 2.24) is 15.3 Å². The number of halogens is 1. The summed E-state index contributed by atoms with van der Waals surface area (Å²) in [6.45, 7) is 3.61. The van der Waals surface area contributed by atoms with Gasteiger partial charge in [-0.15, -0.1) is 0 Å². The van der Waals surface area contributed by atoms with Gasteiger partial charge in [-0.05, 0) is 37.4 Å². The highest BCUT2D eigenvalue weighted by atomic mass is 19.1. The number of nitrogens with zero attached hydrogens (tertiary/aromatic N) is 4. The van der Waals surface area contributed by atoms with E-state index in [1.54, 1.807) is 18.2 Å². The van der Waals surface area contributed by atoms with Crippen molar-refractivity contribution in [2.75, 3.05) is 49.6 Å². The first kappa shape index (κ1) is 30.1. The number of nitrogens with one attached hydrogen (secondary N) is 2. The van der Waals surface area contributed by atoms with Crippen LogP contribution < -0.4 is 26.7 Å². The highest BCUT2D eigenvalue weighted by molar-refractivity contribution is 5.90. The Bertz CT molecular complexity index is 1100. The molecule has 14 heteroatoms. The van der Waals surface area contributed by atoms with Crippen LogP contribution in [0, 0.1) is 11.2 Å². The van der Waals surface area contributed by atoms with Gasteiger partial charge in [-0.3, -0.25) is 15.1 Å². The first-order valence-corrected chi connectivity index (χ1v) is 11.6. The van der Waals surface area contributed by atoms with E-state index in [1.165, 1.54) is 46.4 Å². The number of amides is 2. The van der Waals surface area contributed by atoms with E-state index >= 15 is 0 Å². The lowest BCUT2D eigenvalue weighted by Crippen LogP contribution is -2.41. The van der Waals surface area contributed by atoms with Gasteiger partial charge in [0.1, 0.15) is 17.7 Å². The fraction of sp³-hybridized carbons (Fsp3) is 0.333. The van der Waals surface area contributed by atoms with Crippen molar-refractivity contribution in [1.29, 1.82) is 5.41 Å². The van der Waals surface area contributed by atoms with Crippen molar-refractivity contribution in [2.45, 2.75) is 12.2 Å². The summed E-state index contributed by atoms with van der Waals surface area (Å²) in [6.07, 6.45) is 1.29. The van der Waals surface area contributed by atoms with Gasteiger partial charge in [0.05, 0.1) is 31.7 Å². The molecule has 38 heavy (non-hydrogen) atoms. The third kappa shape index (κ3) is 7.69. The number of nitrogens with two attached hydrogens (primary N) is 2. The van der Waals surface area contributed by atoms with Crippen LogP contribution in [-0.4, -0.2) is 90.6 Å². The van der Waals surface area contributed by atoms with Gasteiger partial charge in [-0.2, -0.15) is 0 Å². The number of hydrazine groups is 1. The van der Waals surface area contributed by atoms with Gasteiger partial charge in [-0.25, -0.2) is 20.0 Å². The van der Waals surface area contributed by atoms with Crippen molar-refractivity contribution in [2.24, 2.45) is 11.6 Å². The van der Waals surface area contributed by atoms with Gasteiger partial charge >= 0.3 is 6.09 Å². The molecule has 0 aliphatic carbocycles. The summed E-state index contributed by atoms with van der Waals surface area (Å²) in [5, 5.41) is 29.4. The van der Waals surface area contributed by atoms with E-state index < -0.39 is 36.6 Å². The second kappa shape index (κ2) is 14.6. The highest BCUT2D eigenvalue weighted by Crippen LogP contribution is 2.29. The zero-order chi connectivity index (χ0) is 28.2. The van der Waals surface area contributed by atoms with Crippen LogP contribution in [0.5, 0.6) is 0 Å². The fourth-order valence-corrected chi connectivity index (χ4v) is 3.50.